The lowest BCUT2D eigenvalue weighted by molar-refractivity contribution is -0.117. The highest BCUT2D eigenvalue weighted by molar-refractivity contribution is 6.31. The van der Waals surface area contributed by atoms with Gasteiger partial charge in [0.2, 0.25) is 5.91 Å². The van der Waals surface area contributed by atoms with Crippen molar-refractivity contribution in [3.63, 3.8) is 0 Å². The molecule has 1 aromatic rings. The average molecular weight is 339 g/mol. The van der Waals surface area contributed by atoms with Gasteiger partial charge in [-0.15, -0.1) is 0 Å². The summed E-state index contributed by atoms with van der Waals surface area (Å²) in [6.45, 7) is 6.47. The van der Waals surface area contributed by atoms with Crippen LogP contribution in [0.4, 0.5) is 5.69 Å². The van der Waals surface area contributed by atoms with Crippen LogP contribution in [-0.4, -0.2) is 47.1 Å². The fourth-order valence-corrected chi connectivity index (χ4v) is 2.94. The lowest BCUT2D eigenvalue weighted by Crippen LogP contribution is -2.42. The van der Waals surface area contributed by atoms with Crippen LogP contribution in [-0.2, 0) is 4.79 Å². The van der Waals surface area contributed by atoms with E-state index in [0.29, 0.717) is 35.8 Å². The van der Waals surface area contributed by atoms with E-state index in [1.165, 1.54) is 0 Å². The second-order valence-electron chi connectivity index (χ2n) is 6.44. The lowest BCUT2D eigenvalue weighted by Gasteiger charge is -2.29. The third-order valence-corrected chi connectivity index (χ3v) is 4.04. The van der Waals surface area contributed by atoms with Gasteiger partial charge < -0.3 is 14.9 Å². The molecule has 6 heteroatoms. The van der Waals surface area contributed by atoms with Crippen molar-refractivity contribution in [3.05, 3.63) is 28.8 Å². The Balaban J connectivity index is 2.38. The number of likely N-dealkylation sites (N-methyl/N-ethyl adjacent to an activating group) is 1. The topological polar surface area (TPSA) is 60.9 Å². The number of aliphatic hydroxyl groups is 1. The van der Waals surface area contributed by atoms with Crippen molar-refractivity contribution < 1.29 is 14.7 Å². The first-order valence-corrected chi connectivity index (χ1v) is 8.22. The maximum atomic E-state index is 12.9. The molecule has 0 bridgehead atoms. The van der Waals surface area contributed by atoms with Gasteiger partial charge in [0, 0.05) is 31.1 Å². The third-order valence-electron chi connectivity index (χ3n) is 3.80. The molecule has 2 rings (SSSR count). The summed E-state index contributed by atoms with van der Waals surface area (Å²) < 4.78 is 0. The van der Waals surface area contributed by atoms with Crippen molar-refractivity contribution in [2.45, 2.75) is 39.2 Å². The van der Waals surface area contributed by atoms with Gasteiger partial charge in [0.1, 0.15) is 0 Å². The monoisotopic (exact) mass is 338 g/mol. The number of hydrogen-bond donors (Lipinski definition) is 1. The van der Waals surface area contributed by atoms with Gasteiger partial charge in [-0.1, -0.05) is 11.6 Å². The highest BCUT2D eigenvalue weighted by Crippen LogP contribution is 2.29. The van der Waals surface area contributed by atoms with Crippen LogP contribution in [0.1, 0.15) is 44.0 Å². The minimum Gasteiger partial charge on any atom is -0.389 e. The molecule has 23 heavy (non-hydrogen) atoms. The number of nitrogens with zero attached hydrogens (tertiary/aromatic N) is 2. The minimum atomic E-state index is -0.984. The summed E-state index contributed by atoms with van der Waals surface area (Å²) in [5, 5.41) is 10.5. The standard InChI is InChI=1S/C17H23ClN2O3/c1-4-19(11-17(2,3)23)16(22)13-8-7-12(18)10-14(13)20-9-5-6-15(20)21/h7-8,10,23H,4-6,9,11H2,1-3H3. The molecule has 0 radical (unpaired) electrons. The molecule has 0 atom stereocenters. The lowest BCUT2D eigenvalue weighted by atomic mass is 10.1. The van der Waals surface area contributed by atoms with E-state index in [9.17, 15) is 14.7 Å². The summed E-state index contributed by atoms with van der Waals surface area (Å²) >= 11 is 6.06. The Morgan fingerprint density at radius 3 is 2.65 bits per heavy atom. The normalized spacial score (nSPS) is 15.2. The summed E-state index contributed by atoms with van der Waals surface area (Å²) in [6, 6.07) is 4.96. The Bertz CT molecular complexity index is 610. The van der Waals surface area contributed by atoms with E-state index >= 15 is 0 Å². The predicted octanol–water partition coefficient (Wildman–Crippen LogP) is 2.70. The molecule has 126 valence electrons. The molecule has 1 aromatic carbocycles. The first-order chi connectivity index (χ1) is 10.7. The fourth-order valence-electron chi connectivity index (χ4n) is 2.78. The maximum absolute atomic E-state index is 12.9. The minimum absolute atomic E-state index is 0.00635. The van der Waals surface area contributed by atoms with Gasteiger partial charge in [-0.2, -0.15) is 0 Å². The van der Waals surface area contributed by atoms with E-state index in [4.69, 9.17) is 11.6 Å². The number of carbonyl (C=O) groups is 2. The van der Waals surface area contributed by atoms with Crippen molar-refractivity contribution >= 4 is 29.1 Å². The Morgan fingerprint density at radius 1 is 1.43 bits per heavy atom. The van der Waals surface area contributed by atoms with E-state index in [0.717, 1.165) is 6.42 Å². The van der Waals surface area contributed by atoms with Crippen molar-refractivity contribution in [1.29, 1.82) is 0 Å². The number of amides is 2. The molecule has 0 saturated carbocycles. The highest BCUT2D eigenvalue weighted by atomic mass is 35.5. The zero-order chi connectivity index (χ0) is 17.2. The van der Waals surface area contributed by atoms with E-state index in [-0.39, 0.29) is 18.4 Å². The molecular formula is C17H23ClN2O3. The number of hydrogen-bond acceptors (Lipinski definition) is 3. The molecule has 2 amide bonds. The molecule has 0 aromatic heterocycles. The highest BCUT2D eigenvalue weighted by Gasteiger charge is 2.29. The van der Waals surface area contributed by atoms with Crippen LogP contribution in [0.3, 0.4) is 0 Å². The zero-order valence-corrected chi connectivity index (χ0v) is 14.6. The van der Waals surface area contributed by atoms with Gasteiger partial charge in [0.25, 0.3) is 5.91 Å². The quantitative estimate of drug-likeness (QED) is 0.898. The van der Waals surface area contributed by atoms with Crippen molar-refractivity contribution in [1.82, 2.24) is 4.90 Å². The van der Waals surface area contributed by atoms with Crippen molar-refractivity contribution in [3.8, 4) is 0 Å². The largest absolute Gasteiger partial charge is 0.389 e. The van der Waals surface area contributed by atoms with E-state index in [2.05, 4.69) is 0 Å². The van der Waals surface area contributed by atoms with Crippen LogP contribution in [0, 0.1) is 0 Å². The summed E-state index contributed by atoms with van der Waals surface area (Å²) in [5.41, 5.74) is 0.0109. The molecular weight excluding hydrogens is 316 g/mol. The van der Waals surface area contributed by atoms with Gasteiger partial charge in [0.05, 0.1) is 16.9 Å². The number of benzene rings is 1. The zero-order valence-electron chi connectivity index (χ0n) is 13.8. The maximum Gasteiger partial charge on any atom is 0.256 e. The SMILES string of the molecule is CCN(CC(C)(C)O)C(=O)c1ccc(Cl)cc1N1CCCC1=O. The summed E-state index contributed by atoms with van der Waals surface area (Å²) in [7, 11) is 0. The fraction of sp³-hybridized carbons (Fsp3) is 0.529. The average Bonchev–Trinajstić information content (AvgIpc) is 2.89. The molecule has 1 N–H and O–H groups in total. The number of halogens is 1. The van der Waals surface area contributed by atoms with Gasteiger partial charge >= 0.3 is 0 Å². The Hall–Kier alpha value is -1.59. The van der Waals surface area contributed by atoms with Crippen LogP contribution in [0.15, 0.2) is 18.2 Å². The molecule has 1 aliphatic heterocycles. The Labute approximate surface area is 141 Å². The van der Waals surface area contributed by atoms with Crippen LogP contribution in [0.2, 0.25) is 5.02 Å². The van der Waals surface area contributed by atoms with E-state index < -0.39 is 5.60 Å². The molecule has 0 aliphatic carbocycles. The molecule has 5 nitrogen and oxygen atoms in total. The predicted molar refractivity (Wildman–Crippen MR) is 90.9 cm³/mol. The van der Waals surface area contributed by atoms with Crippen LogP contribution >= 0.6 is 11.6 Å². The molecule has 0 unspecified atom stereocenters. The summed E-state index contributed by atoms with van der Waals surface area (Å²) in [5.74, 6) is -0.201. The van der Waals surface area contributed by atoms with Gasteiger partial charge in [0.15, 0.2) is 0 Å². The molecule has 1 heterocycles. The molecule has 1 aliphatic rings. The molecule has 1 fully saturated rings. The first kappa shape index (κ1) is 17.8. The van der Waals surface area contributed by atoms with Crippen LogP contribution in [0.5, 0.6) is 0 Å². The van der Waals surface area contributed by atoms with Crippen molar-refractivity contribution in [2.24, 2.45) is 0 Å². The second kappa shape index (κ2) is 6.89. The Morgan fingerprint density at radius 2 is 2.13 bits per heavy atom. The Kier molecular flexibility index (Phi) is 5.32. The summed E-state index contributed by atoms with van der Waals surface area (Å²) in [6.07, 6.45) is 1.27. The van der Waals surface area contributed by atoms with E-state index in [1.807, 2.05) is 6.92 Å². The van der Waals surface area contributed by atoms with Crippen LogP contribution in [0.25, 0.3) is 0 Å². The van der Waals surface area contributed by atoms with Gasteiger partial charge in [-0.05, 0) is 45.4 Å². The number of carbonyl (C=O) groups excluding carboxylic acids is 2. The summed E-state index contributed by atoms with van der Waals surface area (Å²) in [4.78, 5) is 28.1. The smallest absolute Gasteiger partial charge is 0.256 e. The van der Waals surface area contributed by atoms with Gasteiger partial charge in [-0.3, -0.25) is 9.59 Å². The second-order valence-corrected chi connectivity index (χ2v) is 6.88. The first-order valence-electron chi connectivity index (χ1n) is 7.84. The third kappa shape index (κ3) is 4.24. The number of anilines is 1. The van der Waals surface area contributed by atoms with Crippen molar-refractivity contribution in [2.75, 3.05) is 24.5 Å². The number of rotatable bonds is 5. The van der Waals surface area contributed by atoms with Crippen LogP contribution < -0.4 is 4.90 Å². The van der Waals surface area contributed by atoms with Gasteiger partial charge in [-0.25, -0.2) is 0 Å². The molecule has 0 spiro atoms. The molecule has 1 saturated heterocycles. The van der Waals surface area contributed by atoms with E-state index in [1.54, 1.807) is 41.8 Å².